The number of methoxy groups -OCH3 is 1. The van der Waals surface area contributed by atoms with Crippen molar-refractivity contribution in [3.05, 3.63) is 11.9 Å². The zero-order valence-electron chi connectivity index (χ0n) is 13.6. The zero-order chi connectivity index (χ0) is 16.6. The molecular formula is C14H21N3O6. The van der Waals surface area contributed by atoms with E-state index in [1.165, 1.54) is 10.9 Å². The summed E-state index contributed by atoms with van der Waals surface area (Å²) in [6.07, 6.45) is 0.138. The predicted octanol–water partition coefficient (Wildman–Crippen LogP) is 0.346. The van der Waals surface area contributed by atoms with Crippen LogP contribution in [-0.4, -0.2) is 65.1 Å². The fraction of sp³-hybridized carbons (Fsp3) is 0.786. The van der Waals surface area contributed by atoms with Crippen molar-refractivity contribution in [2.75, 3.05) is 13.7 Å². The third-order valence-electron chi connectivity index (χ3n) is 3.73. The number of carbonyl (C=O) groups is 1. The Hall–Kier alpha value is -1.55. The van der Waals surface area contributed by atoms with E-state index in [2.05, 4.69) is 10.3 Å². The van der Waals surface area contributed by atoms with Crippen LogP contribution in [0.15, 0.2) is 6.20 Å². The molecule has 0 bridgehead atoms. The highest BCUT2D eigenvalue weighted by atomic mass is 16.8. The van der Waals surface area contributed by atoms with Crippen LogP contribution in [0, 0.1) is 0 Å². The molecule has 0 aromatic carbocycles. The number of nitrogens with zero attached hydrogens (tertiary/aromatic N) is 3. The van der Waals surface area contributed by atoms with Crippen LogP contribution in [0.4, 0.5) is 0 Å². The number of aromatic nitrogens is 3. The normalized spacial score (nSPS) is 32.0. The van der Waals surface area contributed by atoms with E-state index in [-0.39, 0.29) is 30.6 Å². The van der Waals surface area contributed by atoms with Crippen molar-refractivity contribution in [3.63, 3.8) is 0 Å². The van der Waals surface area contributed by atoms with Gasteiger partial charge in [0.2, 0.25) is 0 Å². The predicted molar refractivity (Wildman–Crippen MR) is 75.5 cm³/mol. The quantitative estimate of drug-likeness (QED) is 0.715. The van der Waals surface area contributed by atoms with Gasteiger partial charge in [-0.25, -0.2) is 9.48 Å². The first-order valence-electron chi connectivity index (χ1n) is 7.54. The van der Waals surface area contributed by atoms with E-state index in [1.807, 2.05) is 13.8 Å². The van der Waals surface area contributed by atoms with Gasteiger partial charge in [-0.1, -0.05) is 5.21 Å². The standard InChI is InChI=1S/C14H21N3O6/c1-5-20-12(18)8-6-17(16-15-8)7-9-10-11(13(19-4)21-9)23-14(2,3)22-10/h6,9-11,13H,5,7H2,1-4H3/t9-,10?,11?,13-/m1/s1. The summed E-state index contributed by atoms with van der Waals surface area (Å²) >= 11 is 0. The first-order chi connectivity index (χ1) is 10.9. The molecule has 2 fully saturated rings. The number of carbonyl (C=O) groups excluding carboxylic acids is 1. The summed E-state index contributed by atoms with van der Waals surface area (Å²) < 4.78 is 29.3. The number of hydrogen-bond acceptors (Lipinski definition) is 8. The highest BCUT2D eigenvalue weighted by Gasteiger charge is 2.55. The molecule has 0 N–H and O–H groups in total. The lowest BCUT2D eigenvalue weighted by atomic mass is 10.1. The summed E-state index contributed by atoms with van der Waals surface area (Å²) in [4.78, 5) is 11.6. The second kappa shape index (κ2) is 6.16. The average Bonchev–Trinajstić information content (AvgIpc) is 3.14. The first-order valence-corrected chi connectivity index (χ1v) is 7.54. The van der Waals surface area contributed by atoms with E-state index < -0.39 is 18.0 Å². The van der Waals surface area contributed by atoms with Crippen LogP contribution in [0.2, 0.25) is 0 Å². The molecule has 128 valence electrons. The first kappa shape index (κ1) is 16.3. The lowest BCUT2D eigenvalue weighted by molar-refractivity contribution is -0.228. The Bertz CT molecular complexity index is 575. The number of ether oxygens (including phenoxy) is 5. The average molecular weight is 327 g/mol. The van der Waals surface area contributed by atoms with Crippen molar-refractivity contribution >= 4 is 5.97 Å². The summed E-state index contributed by atoms with van der Waals surface area (Å²) in [6, 6.07) is 0. The van der Waals surface area contributed by atoms with Crippen molar-refractivity contribution < 1.29 is 28.5 Å². The highest BCUT2D eigenvalue weighted by molar-refractivity contribution is 5.86. The van der Waals surface area contributed by atoms with Crippen LogP contribution in [0.3, 0.4) is 0 Å². The van der Waals surface area contributed by atoms with Crippen LogP contribution in [0.25, 0.3) is 0 Å². The molecule has 9 nitrogen and oxygen atoms in total. The Morgan fingerprint density at radius 1 is 1.39 bits per heavy atom. The van der Waals surface area contributed by atoms with Gasteiger partial charge in [-0.2, -0.15) is 0 Å². The van der Waals surface area contributed by atoms with Crippen molar-refractivity contribution in [2.24, 2.45) is 0 Å². The highest BCUT2D eigenvalue weighted by Crippen LogP contribution is 2.39. The second-order valence-corrected chi connectivity index (χ2v) is 5.89. The minimum atomic E-state index is -0.688. The molecule has 2 saturated heterocycles. The molecule has 23 heavy (non-hydrogen) atoms. The fourth-order valence-corrected chi connectivity index (χ4v) is 2.85. The monoisotopic (exact) mass is 327 g/mol. The van der Waals surface area contributed by atoms with Crippen molar-refractivity contribution in [3.8, 4) is 0 Å². The van der Waals surface area contributed by atoms with Gasteiger partial charge in [0.05, 0.1) is 19.3 Å². The minimum Gasteiger partial charge on any atom is -0.461 e. The molecule has 2 aliphatic heterocycles. The van der Waals surface area contributed by atoms with E-state index in [0.717, 1.165) is 0 Å². The minimum absolute atomic E-state index is 0.161. The molecular weight excluding hydrogens is 306 g/mol. The Morgan fingerprint density at radius 2 is 2.13 bits per heavy atom. The fourth-order valence-electron chi connectivity index (χ4n) is 2.85. The third kappa shape index (κ3) is 3.23. The Kier molecular flexibility index (Phi) is 4.37. The van der Waals surface area contributed by atoms with Crippen LogP contribution >= 0.6 is 0 Å². The van der Waals surface area contributed by atoms with Crippen LogP contribution in [0.1, 0.15) is 31.3 Å². The lowest BCUT2D eigenvalue weighted by Crippen LogP contribution is -2.33. The molecule has 4 atom stereocenters. The summed E-state index contributed by atoms with van der Waals surface area (Å²) in [6.45, 7) is 6.09. The maximum atomic E-state index is 11.6. The van der Waals surface area contributed by atoms with Gasteiger partial charge in [0, 0.05) is 7.11 Å². The number of fused-ring (bicyclic) bond motifs is 1. The molecule has 3 heterocycles. The topological polar surface area (TPSA) is 93.9 Å². The van der Waals surface area contributed by atoms with Gasteiger partial charge in [-0.15, -0.1) is 5.10 Å². The Morgan fingerprint density at radius 3 is 2.83 bits per heavy atom. The Labute approximate surface area is 133 Å². The summed E-state index contributed by atoms with van der Waals surface area (Å²) in [5.41, 5.74) is 0.161. The molecule has 3 rings (SSSR count). The second-order valence-electron chi connectivity index (χ2n) is 5.89. The summed E-state index contributed by atoms with van der Waals surface area (Å²) in [5.74, 6) is -1.19. The molecule has 1 aromatic rings. The smallest absolute Gasteiger partial charge is 0.360 e. The molecule has 0 radical (unpaired) electrons. The Balaban J connectivity index is 1.69. The van der Waals surface area contributed by atoms with Gasteiger partial charge in [0.15, 0.2) is 17.8 Å². The van der Waals surface area contributed by atoms with Crippen molar-refractivity contribution in [1.29, 1.82) is 0 Å². The summed E-state index contributed by atoms with van der Waals surface area (Å²) in [5, 5.41) is 7.74. The largest absolute Gasteiger partial charge is 0.461 e. The maximum Gasteiger partial charge on any atom is 0.360 e. The molecule has 2 aliphatic rings. The number of esters is 1. The zero-order valence-corrected chi connectivity index (χ0v) is 13.6. The number of rotatable bonds is 5. The van der Waals surface area contributed by atoms with Gasteiger partial charge in [0.25, 0.3) is 0 Å². The molecule has 1 aromatic heterocycles. The van der Waals surface area contributed by atoms with E-state index in [1.54, 1.807) is 14.0 Å². The van der Waals surface area contributed by atoms with Crippen LogP contribution in [-0.2, 0) is 30.2 Å². The van der Waals surface area contributed by atoms with Gasteiger partial charge >= 0.3 is 5.97 Å². The van der Waals surface area contributed by atoms with Gasteiger partial charge in [-0.3, -0.25) is 0 Å². The SMILES string of the molecule is CCOC(=O)c1cn(C[C@H]2O[C@@H](OC)C3OC(C)(C)OC32)nn1. The van der Waals surface area contributed by atoms with Crippen LogP contribution < -0.4 is 0 Å². The lowest BCUT2D eigenvalue weighted by Gasteiger charge is -2.23. The summed E-state index contributed by atoms with van der Waals surface area (Å²) in [7, 11) is 1.56. The van der Waals surface area contributed by atoms with E-state index >= 15 is 0 Å². The van der Waals surface area contributed by atoms with Gasteiger partial charge in [0.1, 0.15) is 18.3 Å². The molecule has 2 unspecified atom stereocenters. The van der Waals surface area contributed by atoms with Crippen molar-refractivity contribution in [1.82, 2.24) is 15.0 Å². The third-order valence-corrected chi connectivity index (χ3v) is 3.73. The van der Waals surface area contributed by atoms with E-state index in [0.29, 0.717) is 6.54 Å². The number of hydrogen-bond donors (Lipinski definition) is 0. The van der Waals surface area contributed by atoms with Crippen LogP contribution in [0.5, 0.6) is 0 Å². The van der Waals surface area contributed by atoms with Gasteiger partial charge < -0.3 is 23.7 Å². The molecule has 0 spiro atoms. The molecule has 9 heteroatoms. The maximum absolute atomic E-state index is 11.6. The van der Waals surface area contributed by atoms with E-state index in [9.17, 15) is 4.79 Å². The van der Waals surface area contributed by atoms with E-state index in [4.69, 9.17) is 23.7 Å². The molecule has 0 aliphatic carbocycles. The molecule has 0 amide bonds. The van der Waals surface area contributed by atoms with Crippen molar-refractivity contribution in [2.45, 2.75) is 57.7 Å². The van der Waals surface area contributed by atoms with Gasteiger partial charge in [-0.05, 0) is 20.8 Å². The molecule has 0 saturated carbocycles.